The molecular formula is C11H12Cl2N4O4. The van der Waals surface area contributed by atoms with Crippen molar-refractivity contribution in [1.82, 2.24) is 14.8 Å². The van der Waals surface area contributed by atoms with Crippen molar-refractivity contribution in [3.05, 3.63) is 16.7 Å². The highest BCUT2D eigenvalue weighted by Crippen LogP contribution is 2.43. The maximum atomic E-state index is 11.8. The molecule has 8 nitrogen and oxygen atoms in total. The minimum Gasteiger partial charge on any atom is -0.391 e. The van der Waals surface area contributed by atoms with Crippen LogP contribution in [0.1, 0.15) is 13.2 Å². The van der Waals surface area contributed by atoms with E-state index in [0.717, 1.165) is 10.9 Å². The van der Waals surface area contributed by atoms with E-state index in [0.29, 0.717) is 0 Å². The Balaban J connectivity index is 2.54. The molecule has 4 N–H and O–H groups in total. The molecule has 2 rings (SSSR count). The summed E-state index contributed by atoms with van der Waals surface area (Å²) in [6.45, 7) is 1.40. The zero-order chi connectivity index (χ0) is 15.8. The third kappa shape index (κ3) is 2.71. The lowest BCUT2D eigenvalue weighted by Crippen LogP contribution is -2.45. The third-order valence-electron chi connectivity index (χ3n) is 3.06. The van der Waals surface area contributed by atoms with Crippen LogP contribution < -0.4 is 11.4 Å². The van der Waals surface area contributed by atoms with E-state index in [9.17, 15) is 15.0 Å². The minimum absolute atomic E-state index is 0.0783. The second kappa shape index (κ2) is 5.79. The van der Waals surface area contributed by atoms with Gasteiger partial charge in [0, 0.05) is 5.38 Å². The number of ether oxygens (including phenoxy) is 1. The van der Waals surface area contributed by atoms with Gasteiger partial charge in [-0.3, -0.25) is 0 Å². The van der Waals surface area contributed by atoms with Crippen molar-refractivity contribution in [3.8, 4) is 11.3 Å². The summed E-state index contributed by atoms with van der Waals surface area (Å²) in [7, 11) is 0. The van der Waals surface area contributed by atoms with Gasteiger partial charge in [0.25, 0.3) is 0 Å². The van der Waals surface area contributed by atoms with E-state index in [1.807, 2.05) is 0 Å². The molecule has 2 heterocycles. The molecule has 5 atom stereocenters. The van der Waals surface area contributed by atoms with Gasteiger partial charge in [-0.05, 0) is 18.5 Å². The summed E-state index contributed by atoms with van der Waals surface area (Å²) in [6.07, 6.45) is -3.70. The Bertz CT molecular complexity index is 656. The first kappa shape index (κ1) is 16.0. The van der Waals surface area contributed by atoms with E-state index in [4.69, 9.17) is 33.7 Å². The van der Waals surface area contributed by atoms with E-state index < -0.39 is 35.1 Å². The standard InChI is InChI=1S/C11H12Cl2N4O4/c1-5(18)7-8(19)11(13,2-3-12)9(21-7)17-10(20)16-6(14)4-15-17/h4-5,7-9,18-19H,1H3,(H2,14,16,20)/t5-,7+,8?,9+,11+/m0/s1. The fraction of sp³-hybridized carbons (Fsp3) is 0.545. The van der Waals surface area contributed by atoms with Crippen LogP contribution in [0.5, 0.6) is 0 Å². The fourth-order valence-corrected chi connectivity index (χ4v) is 2.57. The van der Waals surface area contributed by atoms with Crippen LogP contribution in [0.15, 0.2) is 11.0 Å². The molecule has 0 amide bonds. The van der Waals surface area contributed by atoms with Crippen molar-refractivity contribution in [2.24, 2.45) is 0 Å². The molecule has 0 saturated carbocycles. The molecule has 0 radical (unpaired) electrons. The maximum absolute atomic E-state index is 11.8. The van der Waals surface area contributed by atoms with Crippen LogP contribution in [0, 0.1) is 11.3 Å². The third-order valence-corrected chi connectivity index (χ3v) is 3.66. The number of nitrogen functional groups attached to an aromatic ring is 1. The number of aromatic nitrogens is 3. The summed E-state index contributed by atoms with van der Waals surface area (Å²) in [5.41, 5.74) is 4.52. The second-order valence-corrected chi connectivity index (χ2v) is 5.35. The van der Waals surface area contributed by atoms with Gasteiger partial charge in [-0.1, -0.05) is 17.5 Å². The van der Waals surface area contributed by atoms with Crippen LogP contribution in [0.4, 0.5) is 5.82 Å². The van der Waals surface area contributed by atoms with E-state index in [-0.39, 0.29) is 5.82 Å². The van der Waals surface area contributed by atoms with Crippen molar-refractivity contribution < 1.29 is 14.9 Å². The Morgan fingerprint density at radius 2 is 2.33 bits per heavy atom. The minimum atomic E-state index is -1.77. The lowest BCUT2D eigenvalue weighted by molar-refractivity contribution is -0.0809. The molecular weight excluding hydrogens is 323 g/mol. The molecule has 21 heavy (non-hydrogen) atoms. The number of nitrogens with two attached hydrogens (primary N) is 1. The van der Waals surface area contributed by atoms with Crippen molar-refractivity contribution in [2.45, 2.75) is 36.3 Å². The van der Waals surface area contributed by atoms with Crippen molar-refractivity contribution in [2.75, 3.05) is 5.73 Å². The van der Waals surface area contributed by atoms with Gasteiger partial charge in [-0.15, -0.1) is 0 Å². The van der Waals surface area contributed by atoms with Gasteiger partial charge < -0.3 is 20.7 Å². The summed E-state index contributed by atoms with van der Waals surface area (Å²) in [6, 6.07) is 0. The highest BCUT2D eigenvalue weighted by molar-refractivity contribution is 6.32. The number of aliphatic hydroxyl groups is 2. The van der Waals surface area contributed by atoms with Crippen molar-refractivity contribution in [1.29, 1.82) is 0 Å². The molecule has 1 aromatic rings. The van der Waals surface area contributed by atoms with Gasteiger partial charge in [-0.2, -0.15) is 14.8 Å². The van der Waals surface area contributed by atoms with E-state index in [1.165, 1.54) is 6.92 Å². The maximum Gasteiger partial charge on any atom is 0.368 e. The number of alkyl halides is 1. The first-order valence-corrected chi connectivity index (χ1v) is 6.61. The highest BCUT2D eigenvalue weighted by atomic mass is 35.5. The van der Waals surface area contributed by atoms with Gasteiger partial charge in [0.05, 0.1) is 12.3 Å². The van der Waals surface area contributed by atoms with Crippen LogP contribution in [0.2, 0.25) is 0 Å². The predicted molar refractivity (Wildman–Crippen MR) is 74.5 cm³/mol. The van der Waals surface area contributed by atoms with Crippen LogP contribution in [-0.2, 0) is 4.74 Å². The van der Waals surface area contributed by atoms with Gasteiger partial charge >= 0.3 is 5.69 Å². The molecule has 1 aromatic heterocycles. The van der Waals surface area contributed by atoms with Crippen LogP contribution in [0.3, 0.4) is 0 Å². The van der Waals surface area contributed by atoms with Crippen molar-refractivity contribution in [3.63, 3.8) is 0 Å². The monoisotopic (exact) mass is 334 g/mol. The summed E-state index contributed by atoms with van der Waals surface area (Å²) in [5, 5.41) is 25.7. The molecule has 10 heteroatoms. The topological polar surface area (TPSA) is 123 Å². The molecule has 0 spiro atoms. The number of hydrogen-bond donors (Lipinski definition) is 3. The first-order valence-electron chi connectivity index (χ1n) is 5.86. The van der Waals surface area contributed by atoms with Gasteiger partial charge in [-0.25, -0.2) is 4.79 Å². The zero-order valence-corrected chi connectivity index (χ0v) is 12.3. The Morgan fingerprint density at radius 3 is 2.86 bits per heavy atom. The van der Waals surface area contributed by atoms with Gasteiger partial charge in [0.15, 0.2) is 11.1 Å². The number of nitrogens with zero attached hydrogens (tertiary/aromatic N) is 3. The quantitative estimate of drug-likeness (QED) is 0.470. The van der Waals surface area contributed by atoms with Gasteiger partial charge in [0.1, 0.15) is 18.0 Å². The molecule has 0 aliphatic carbocycles. The lowest BCUT2D eigenvalue weighted by atomic mass is 9.97. The smallest absolute Gasteiger partial charge is 0.368 e. The number of anilines is 1. The molecule has 1 aliphatic heterocycles. The first-order chi connectivity index (χ1) is 9.81. The molecule has 1 saturated heterocycles. The molecule has 1 unspecified atom stereocenters. The molecule has 1 aliphatic rings. The van der Waals surface area contributed by atoms with Crippen molar-refractivity contribution >= 4 is 29.0 Å². The molecule has 114 valence electrons. The molecule has 1 fully saturated rings. The normalized spacial score (nSPS) is 33.3. The van der Waals surface area contributed by atoms with Crippen LogP contribution in [0.25, 0.3) is 0 Å². The second-order valence-electron chi connectivity index (χ2n) is 4.53. The number of halogens is 2. The Hall–Kier alpha value is -1.37. The summed E-state index contributed by atoms with van der Waals surface area (Å²) in [5.74, 6) is 2.30. The van der Waals surface area contributed by atoms with E-state index in [1.54, 1.807) is 0 Å². The van der Waals surface area contributed by atoms with E-state index >= 15 is 0 Å². The molecule has 0 bridgehead atoms. The van der Waals surface area contributed by atoms with Crippen LogP contribution >= 0.6 is 23.2 Å². The molecule has 0 aromatic carbocycles. The highest BCUT2D eigenvalue weighted by Gasteiger charge is 2.57. The Kier molecular flexibility index (Phi) is 4.41. The van der Waals surface area contributed by atoms with E-state index in [2.05, 4.69) is 21.4 Å². The predicted octanol–water partition coefficient (Wildman–Crippen LogP) is -0.963. The van der Waals surface area contributed by atoms with Gasteiger partial charge in [0.2, 0.25) is 0 Å². The number of rotatable bonds is 2. The Labute approximate surface area is 129 Å². The largest absolute Gasteiger partial charge is 0.391 e. The fourth-order valence-electron chi connectivity index (χ4n) is 2.05. The number of hydrogen-bond acceptors (Lipinski definition) is 7. The summed E-state index contributed by atoms with van der Waals surface area (Å²) >= 11 is 11.6. The summed E-state index contributed by atoms with van der Waals surface area (Å²) in [4.78, 5) is 13.6. The van der Waals surface area contributed by atoms with Crippen LogP contribution in [-0.4, -0.2) is 48.2 Å². The Morgan fingerprint density at radius 1 is 1.67 bits per heavy atom. The zero-order valence-electron chi connectivity index (χ0n) is 10.8. The summed E-state index contributed by atoms with van der Waals surface area (Å²) < 4.78 is 6.22. The average Bonchev–Trinajstić information content (AvgIpc) is 2.64. The SMILES string of the molecule is C[C@H](O)[C@H]1O[C@@H](n2ncc(N)nc2=O)[C@@](Cl)(C#CCl)C1O. The number of aliphatic hydroxyl groups excluding tert-OH is 2. The lowest BCUT2D eigenvalue weighted by Gasteiger charge is -2.24. The average molecular weight is 335 g/mol.